The Labute approximate surface area is 186 Å². The Hall–Kier alpha value is -3.85. The highest BCUT2D eigenvalue weighted by Crippen LogP contribution is 2.37. The maximum Gasteiger partial charge on any atom is 0.251 e. The number of para-hydroxylation sites is 1. The Bertz CT molecular complexity index is 1170. The number of likely N-dealkylation sites (tertiary alicyclic amines) is 1. The second-order valence-electron chi connectivity index (χ2n) is 8.41. The molecule has 3 aromatic carbocycles. The number of carbonyl (C=O) groups is 1. The average Bonchev–Trinajstić information content (AvgIpc) is 3.37. The van der Waals surface area contributed by atoms with Gasteiger partial charge >= 0.3 is 0 Å². The maximum atomic E-state index is 13.2. The summed E-state index contributed by atoms with van der Waals surface area (Å²) < 4.78 is 13.2. The number of anilines is 2. The lowest BCUT2D eigenvalue weighted by Gasteiger charge is -2.21. The molecule has 1 saturated heterocycles. The standard InChI is InChI=1S/C26H23FN4O/c27-20-10-12-21(13-11-20)29-23-4-2-1-3-22(23)17-5-7-18(8-6-17)26(32)30-25-19-9-14-24(25)31(15-19)16-28/h1-8,10-13,19,24-25,29H,9,14-15H2,(H,30,32)/t19?,24?,25-/m1/s1. The van der Waals surface area contributed by atoms with Crippen molar-refractivity contribution >= 4 is 17.3 Å². The van der Waals surface area contributed by atoms with Crippen molar-refractivity contribution in [1.82, 2.24) is 10.2 Å². The lowest BCUT2D eigenvalue weighted by atomic mass is 10.0. The van der Waals surface area contributed by atoms with Crippen LogP contribution in [0.1, 0.15) is 23.2 Å². The molecular weight excluding hydrogens is 403 g/mol. The molecule has 1 aliphatic heterocycles. The van der Waals surface area contributed by atoms with Crippen LogP contribution in [-0.2, 0) is 0 Å². The van der Waals surface area contributed by atoms with Gasteiger partial charge in [-0.05, 0) is 66.8 Å². The molecule has 160 valence electrons. The normalized spacial score (nSPS) is 21.2. The first-order chi connectivity index (χ1) is 15.6. The first-order valence-corrected chi connectivity index (χ1v) is 10.8. The van der Waals surface area contributed by atoms with Crippen molar-refractivity contribution < 1.29 is 9.18 Å². The first-order valence-electron chi connectivity index (χ1n) is 10.8. The number of halogens is 1. The van der Waals surface area contributed by atoms with Crippen LogP contribution in [0.3, 0.4) is 0 Å². The van der Waals surface area contributed by atoms with Gasteiger partial charge in [0.05, 0.1) is 12.1 Å². The number of piperidine rings is 1. The van der Waals surface area contributed by atoms with Gasteiger partial charge in [0.25, 0.3) is 5.91 Å². The Morgan fingerprint density at radius 1 is 1.00 bits per heavy atom. The Morgan fingerprint density at radius 3 is 2.47 bits per heavy atom. The van der Waals surface area contributed by atoms with Crippen molar-refractivity contribution in [1.29, 1.82) is 5.26 Å². The summed E-state index contributed by atoms with van der Waals surface area (Å²) in [6.07, 6.45) is 4.27. The van der Waals surface area contributed by atoms with Crippen LogP contribution in [0.2, 0.25) is 0 Å². The minimum atomic E-state index is -0.274. The molecule has 0 spiro atoms. The summed E-state index contributed by atoms with van der Waals surface area (Å²) in [5.41, 5.74) is 4.26. The van der Waals surface area contributed by atoms with Crippen LogP contribution in [0.4, 0.5) is 15.8 Å². The predicted octanol–water partition coefficient (Wildman–Crippen LogP) is 4.91. The largest absolute Gasteiger partial charge is 0.355 e. The molecule has 1 saturated carbocycles. The van der Waals surface area contributed by atoms with E-state index in [1.807, 2.05) is 48.5 Å². The fraction of sp³-hybridized carbons (Fsp3) is 0.231. The molecule has 2 aliphatic rings. The number of rotatable bonds is 5. The van der Waals surface area contributed by atoms with Gasteiger partial charge in [0.2, 0.25) is 0 Å². The third kappa shape index (κ3) is 3.78. The van der Waals surface area contributed by atoms with Crippen LogP contribution in [0.25, 0.3) is 11.1 Å². The summed E-state index contributed by atoms with van der Waals surface area (Å²) in [5, 5.41) is 15.8. The molecule has 5 rings (SSSR count). The SMILES string of the molecule is N#CN1CC2CCC1[C@@H]2NC(=O)c1ccc(-c2ccccc2Nc2ccc(F)cc2)cc1. The van der Waals surface area contributed by atoms with Crippen molar-refractivity contribution in [3.8, 4) is 17.3 Å². The summed E-state index contributed by atoms with van der Waals surface area (Å²) in [7, 11) is 0. The molecule has 3 atom stereocenters. The molecule has 3 aromatic rings. The molecular formula is C26H23FN4O. The fourth-order valence-electron chi connectivity index (χ4n) is 4.90. The summed E-state index contributed by atoms with van der Waals surface area (Å²) in [6.45, 7) is 0.739. The van der Waals surface area contributed by atoms with Gasteiger partial charge in [0, 0.05) is 29.0 Å². The van der Waals surface area contributed by atoms with Gasteiger partial charge in [-0.15, -0.1) is 0 Å². The number of carbonyl (C=O) groups excluding carboxylic acids is 1. The van der Waals surface area contributed by atoms with E-state index in [1.165, 1.54) is 12.1 Å². The Balaban J connectivity index is 1.32. The number of benzene rings is 3. The zero-order valence-corrected chi connectivity index (χ0v) is 17.5. The van der Waals surface area contributed by atoms with E-state index in [0.717, 1.165) is 41.9 Å². The van der Waals surface area contributed by atoms with E-state index in [0.29, 0.717) is 11.5 Å². The number of nitrogens with one attached hydrogen (secondary N) is 2. The topological polar surface area (TPSA) is 68.2 Å². The lowest BCUT2D eigenvalue weighted by Crippen LogP contribution is -2.42. The Morgan fingerprint density at radius 2 is 1.75 bits per heavy atom. The second-order valence-corrected chi connectivity index (χ2v) is 8.41. The molecule has 6 heteroatoms. The van der Waals surface area contributed by atoms with E-state index in [2.05, 4.69) is 16.8 Å². The summed E-state index contributed by atoms with van der Waals surface area (Å²) >= 11 is 0. The number of hydrogen-bond acceptors (Lipinski definition) is 4. The highest BCUT2D eigenvalue weighted by Gasteiger charge is 2.47. The van der Waals surface area contributed by atoms with Crippen LogP contribution in [-0.4, -0.2) is 29.4 Å². The third-order valence-corrected chi connectivity index (χ3v) is 6.52. The molecule has 0 aromatic heterocycles. The molecule has 2 bridgehead atoms. The van der Waals surface area contributed by atoms with Crippen LogP contribution in [0.15, 0.2) is 72.8 Å². The van der Waals surface area contributed by atoms with Crippen LogP contribution in [0, 0.1) is 23.2 Å². The highest BCUT2D eigenvalue weighted by atomic mass is 19.1. The Kier molecular flexibility index (Phi) is 5.24. The number of hydrogen-bond donors (Lipinski definition) is 2. The second kappa shape index (κ2) is 8.35. The molecule has 1 aliphatic carbocycles. The summed E-state index contributed by atoms with van der Waals surface area (Å²) in [6, 6.07) is 21.8. The van der Waals surface area contributed by atoms with E-state index in [4.69, 9.17) is 0 Å². The fourth-order valence-corrected chi connectivity index (χ4v) is 4.90. The molecule has 32 heavy (non-hydrogen) atoms. The average molecular weight is 426 g/mol. The van der Waals surface area contributed by atoms with E-state index < -0.39 is 0 Å². The highest BCUT2D eigenvalue weighted by molar-refractivity contribution is 5.95. The molecule has 2 N–H and O–H groups in total. The predicted molar refractivity (Wildman–Crippen MR) is 122 cm³/mol. The summed E-state index contributed by atoms with van der Waals surface area (Å²) in [5.74, 6) is -0.0214. The minimum Gasteiger partial charge on any atom is -0.355 e. The van der Waals surface area contributed by atoms with Crippen molar-refractivity contribution in [2.24, 2.45) is 5.92 Å². The molecule has 2 fully saturated rings. The molecule has 2 unspecified atom stereocenters. The van der Waals surface area contributed by atoms with E-state index in [9.17, 15) is 14.4 Å². The van der Waals surface area contributed by atoms with E-state index >= 15 is 0 Å². The molecule has 1 heterocycles. The van der Waals surface area contributed by atoms with Gasteiger partial charge in [-0.25, -0.2) is 4.39 Å². The van der Waals surface area contributed by atoms with Crippen molar-refractivity contribution in [2.75, 3.05) is 11.9 Å². The van der Waals surface area contributed by atoms with Crippen molar-refractivity contribution in [3.05, 3.63) is 84.2 Å². The van der Waals surface area contributed by atoms with Crippen LogP contribution in [0.5, 0.6) is 0 Å². The molecule has 5 nitrogen and oxygen atoms in total. The number of fused-ring (bicyclic) bond motifs is 2. The van der Waals surface area contributed by atoms with E-state index in [-0.39, 0.29) is 23.8 Å². The number of nitriles is 1. The van der Waals surface area contributed by atoms with E-state index in [1.54, 1.807) is 17.0 Å². The quantitative estimate of drug-likeness (QED) is 0.569. The smallest absolute Gasteiger partial charge is 0.251 e. The van der Waals surface area contributed by atoms with Gasteiger partial charge in [-0.3, -0.25) is 4.79 Å². The minimum absolute atomic E-state index is 0.0439. The van der Waals surface area contributed by atoms with Crippen molar-refractivity contribution in [2.45, 2.75) is 24.9 Å². The monoisotopic (exact) mass is 426 g/mol. The van der Waals surface area contributed by atoms with Gasteiger partial charge in [0.15, 0.2) is 6.19 Å². The summed E-state index contributed by atoms with van der Waals surface area (Å²) in [4.78, 5) is 14.6. The van der Waals surface area contributed by atoms with Crippen LogP contribution >= 0.6 is 0 Å². The van der Waals surface area contributed by atoms with Gasteiger partial charge in [0.1, 0.15) is 5.82 Å². The number of amides is 1. The molecule has 1 amide bonds. The van der Waals surface area contributed by atoms with Gasteiger partial charge in [-0.2, -0.15) is 5.26 Å². The maximum absolute atomic E-state index is 13.2. The zero-order valence-electron chi connectivity index (χ0n) is 17.5. The van der Waals surface area contributed by atoms with Crippen LogP contribution < -0.4 is 10.6 Å². The van der Waals surface area contributed by atoms with Gasteiger partial charge < -0.3 is 15.5 Å². The lowest BCUT2D eigenvalue weighted by molar-refractivity contribution is 0.0929. The number of nitrogens with zero attached hydrogens (tertiary/aromatic N) is 2. The zero-order chi connectivity index (χ0) is 22.1. The third-order valence-electron chi connectivity index (χ3n) is 6.52. The molecule has 0 radical (unpaired) electrons. The first kappa shape index (κ1) is 20.1. The van der Waals surface area contributed by atoms with Gasteiger partial charge in [-0.1, -0.05) is 30.3 Å². The van der Waals surface area contributed by atoms with Crippen molar-refractivity contribution in [3.63, 3.8) is 0 Å².